The molecule has 0 amide bonds. The van der Waals surface area contributed by atoms with Gasteiger partial charge in [0.05, 0.1) is 5.69 Å². The second-order valence-corrected chi connectivity index (χ2v) is 7.74. The lowest BCUT2D eigenvalue weighted by Gasteiger charge is -2.15. The molecule has 0 unspecified atom stereocenters. The van der Waals surface area contributed by atoms with Crippen molar-refractivity contribution in [3.05, 3.63) is 95.0 Å². The molecule has 0 saturated heterocycles. The van der Waals surface area contributed by atoms with E-state index in [-0.39, 0.29) is 35.1 Å². The normalized spacial score (nSPS) is 10.3. The molecule has 0 spiro atoms. The molecule has 0 bridgehead atoms. The maximum absolute atomic E-state index is 12.9. The van der Waals surface area contributed by atoms with E-state index in [9.17, 15) is 10.1 Å². The summed E-state index contributed by atoms with van der Waals surface area (Å²) in [6.45, 7) is 0. The number of anilines is 6. The van der Waals surface area contributed by atoms with Crippen molar-refractivity contribution in [1.29, 1.82) is 5.26 Å². The van der Waals surface area contributed by atoms with Gasteiger partial charge in [-0.2, -0.15) is 20.2 Å². The third-order valence-electron chi connectivity index (χ3n) is 5.18. The molecular formula is C25H20N12O. The van der Waals surface area contributed by atoms with E-state index < -0.39 is 5.56 Å². The predicted molar refractivity (Wildman–Crippen MR) is 142 cm³/mol. The van der Waals surface area contributed by atoms with E-state index in [1.165, 1.54) is 11.6 Å². The summed E-state index contributed by atoms with van der Waals surface area (Å²) in [5.41, 5.74) is 6.05. The molecule has 5 aromatic rings. The van der Waals surface area contributed by atoms with E-state index in [0.29, 0.717) is 17.2 Å². The number of nitrogens with zero attached hydrogens (tertiary/aromatic N) is 8. The van der Waals surface area contributed by atoms with Gasteiger partial charge in [-0.15, -0.1) is 0 Å². The fraction of sp³-hybridized carbons (Fsp3) is 0.0400. The molecule has 38 heavy (non-hydrogen) atoms. The Balaban J connectivity index is 1.47. The molecule has 0 atom stereocenters. The van der Waals surface area contributed by atoms with Gasteiger partial charge in [0.15, 0.2) is 0 Å². The maximum atomic E-state index is 12.9. The van der Waals surface area contributed by atoms with Gasteiger partial charge in [-0.1, -0.05) is 42.5 Å². The summed E-state index contributed by atoms with van der Waals surface area (Å²) in [5.74, 6) is 1.72. The minimum absolute atomic E-state index is 0.0619. The Labute approximate surface area is 216 Å². The molecule has 5 rings (SSSR count). The van der Waals surface area contributed by atoms with Crippen LogP contribution >= 0.6 is 0 Å². The monoisotopic (exact) mass is 504 g/mol. The number of rotatable bonds is 8. The Morgan fingerprint density at radius 1 is 0.737 bits per heavy atom. The Morgan fingerprint density at radius 3 is 1.87 bits per heavy atom. The maximum Gasteiger partial charge on any atom is 0.273 e. The lowest BCUT2D eigenvalue weighted by atomic mass is 10.1. The molecule has 4 N–H and O–H groups in total. The number of pyridine rings is 2. The Kier molecular flexibility index (Phi) is 6.77. The Hall–Kier alpha value is -5.90. The van der Waals surface area contributed by atoms with Gasteiger partial charge in [0.1, 0.15) is 23.3 Å². The Bertz CT molecular complexity index is 1590. The summed E-state index contributed by atoms with van der Waals surface area (Å²) in [4.78, 5) is 39.0. The molecule has 4 heterocycles. The average Bonchev–Trinajstić information content (AvgIpc) is 2.95. The number of hydrogen-bond acceptors (Lipinski definition) is 12. The van der Waals surface area contributed by atoms with E-state index in [1.54, 1.807) is 60.9 Å². The first kappa shape index (κ1) is 23.8. The van der Waals surface area contributed by atoms with Gasteiger partial charge >= 0.3 is 0 Å². The molecule has 0 aliphatic rings. The largest absolute Gasteiger partial charge is 0.309 e. The third-order valence-corrected chi connectivity index (χ3v) is 5.18. The molecule has 0 radical (unpaired) electrons. The number of hydrazine groups is 1. The first-order chi connectivity index (χ1) is 18.6. The van der Waals surface area contributed by atoms with Crippen molar-refractivity contribution >= 4 is 35.4 Å². The number of nitrogens with one attached hydrogen (secondary N) is 4. The number of benzene rings is 1. The lowest BCUT2D eigenvalue weighted by Crippen LogP contribution is -2.27. The smallest absolute Gasteiger partial charge is 0.273 e. The van der Waals surface area contributed by atoms with Crippen LogP contribution in [-0.4, -0.2) is 34.5 Å². The fourth-order valence-electron chi connectivity index (χ4n) is 3.38. The molecular weight excluding hydrogens is 484 g/mol. The van der Waals surface area contributed by atoms with Crippen molar-refractivity contribution in [1.82, 2.24) is 34.5 Å². The first-order valence-corrected chi connectivity index (χ1v) is 11.3. The van der Waals surface area contributed by atoms with Crippen LogP contribution < -0.4 is 27.0 Å². The third kappa shape index (κ3) is 5.34. The molecule has 4 aromatic heterocycles. The van der Waals surface area contributed by atoms with Gasteiger partial charge in [0.2, 0.25) is 23.8 Å². The van der Waals surface area contributed by atoms with Crippen LogP contribution in [0.4, 0.5) is 35.4 Å². The zero-order chi connectivity index (χ0) is 26.3. The van der Waals surface area contributed by atoms with E-state index in [2.05, 4.69) is 51.4 Å². The topological polar surface area (TPSA) is 171 Å². The average molecular weight is 505 g/mol. The van der Waals surface area contributed by atoms with E-state index >= 15 is 0 Å². The van der Waals surface area contributed by atoms with Gasteiger partial charge in [-0.05, 0) is 24.3 Å². The number of nitriles is 1. The van der Waals surface area contributed by atoms with E-state index in [1.807, 2.05) is 24.3 Å². The molecule has 186 valence electrons. The van der Waals surface area contributed by atoms with Crippen molar-refractivity contribution in [2.24, 2.45) is 7.05 Å². The Morgan fingerprint density at radius 2 is 1.32 bits per heavy atom. The predicted octanol–water partition coefficient (Wildman–Crippen LogP) is 3.22. The second-order valence-electron chi connectivity index (χ2n) is 7.74. The van der Waals surface area contributed by atoms with E-state index in [0.717, 1.165) is 0 Å². The van der Waals surface area contributed by atoms with Crippen molar-refractivity contribution in [3.63, 3.8) is 0 Å². The zero-order valence-corrected chi connectivity index (χ0v) is 20.0. The summed E-state index contributed by atoms with van der Waals surface area (Å²) in [6.07, 6.45) is 3.28. The quantitative estimate of drug-likeness (QED) is 0.228. The van der Waals surface area contributed by atoms with Crippen molar-refractivity contribution in [3.8, 4) is 17.3 Å². The van der Waals surface area contributed by atoms with Gasteiger partial charge in [-0.3, -0.25) is 20.2 Å². The fourth-order valence-corrected chi connectivity index (χ4v) is 3.38. The highest BCUT2D eigenvalue weighted by molar-refractivity contribution is 5.67. The molecule has 13 heteroatoms. The van der Waals surface area contributed by atoms with Crippen molar-refractivity contribution in [2.75, 3.05) is 21.5 Å². The van der Waals surface area contributed by atoms with E-state index in [4.69, 9.17) is 0 Å². The molecule has 0 saturated carbocycles. The van der Waals surface area contributed by atoms with Gasteiger partial charge in [-0.25, -0.2) is 15.0 Å². The zero-order valence-electron chi connectivity index (χ0n) is 20.0. The number of aromatic nitrogens is 7. The summed E-state index contributed by atoms with van der Waals surface area (Å²) in [6, 6.07) is 21.7. The van der Waals surface area contributed by atoms with Crippen LogP contribution in [0.3, 0.4) is 0 Å². The van der Waals surface area contributed by atoms with Crippen LogP contribution in [0.5, 0.6) is 0 Å². The van der Waals surface area contributed by atoms with Crippen LogP contribution in [0.15, 0.2) is 83.9 Å². The van der Waals surface area contributed by atoms with Gasteiger partial charge < -0.3 is 10.6 Å². The molecule has 13 nitrogen and oxygen atoms in total. The van der Waals surface area contributed by atoms with Crippen LogP contribution in [0, 0.1) is 11.3 Å². The number of hydrogen-bond donors (Lipinski definition) is 4. The summed E-state index contributed by atoms with van der Waals surface area (Å²) >= 11 is 0. The summed E-state index contributed by atoms with van der Waals surface area (Å²) in [7, 11) is 1.50. The first-order valence-electron chi connectivity index (χ1n) is 11.3. The molecule has 1 aromatic carbocycles. The molecule has 0 aliphatic carbocycles. The van der Waals surface area contributed by atoms with Gasteiger partial charge in [0, 0.05) is 25.0 Å². The minimum atomic E-state index is -0.503. The summed E-state index contributed by atoms with van der Waals surface area (Å²) in [5, 5.41) is 15.6. The van der Waals surface area contributed by atoms with Crippen LogP contribution in [0.2, 0.25) is 0 Å². The standard InChI is InChI=1S/C25H20N12O/c1-37-21(38)17(15-26)20(16-9-3-2-4-10-16)31-25(37)36-35-24-33-22(29-18-11-5-7-13-27-18)32-23(34-24)30-19-12-6-8-14-28-19/h2-14H,1H3,(H,31,36)(H3,27,28,29,30,32,33,34,35). The summed E-state index contributed by atoms with van der Waals surface area (Å²) < 4.78 is 1.22. The SMILES string of the molecule is Cn1c(NNc2nc(Nc3ccccn3)nc(Nc3ccccn3)n2)nc(-c2ccccc2)c(C#N)c1=O. The van der Waals surface area contributed by atoms with Crippen molar-refractivity contribution in [2.45, 2.75) is 0 Å². The lowest BCUT2D eigenvalue weighted by molar-refractivity contribution is 0.829. The highest BCUT2D eigenvalue weighted by atomic mass is 16.1. The van der Waals surface area contributed by atoms with Crippen LogP contribution in [-0.2, 0) is 7.05 Å². The molecule has 0 fully saturated rings. The highest BCUT2D eigenvalue weighted by Crippen LogP contribution is 2.21. The molecule has 0 aliphatic heterocycles. The highest BCUT2D eigenvalue weighted by Gasteiger charge is 2.16. The second kappa shape index (κ2) is 10.8. The van der Waals surface area contributed by atoms with Crippen molar-refractivity contribution < 1.29 is 0 Å². The van der Waals surface area contributed by atoms with Crippen LogP contribution in [0.25, 0.3) is 11.3 Å². The van der Waals surface area contributed by atoms with Crippen LogP contribution in [0.1, 0.15) is 5.56 Å². The minimum Gasteiger partial charge on any atom is -0.309 e. The van der Waals surface area contributed by atoms with Gasteiger partial charge in [0.25, 0.3) is 5.56 Å².